The van der Waals surface area contributed by atoms with Gasteiger partial charge in [-0.25, -0.2) is 8.78 Å². The number of aromatic amines is 1. The predicted molar refractivity (Wildman–Crippen MR) is 107 cm³/mol. The molecule has 0 radical (unpaired) electrons. The number of rotatable bonds is 7. The lowest BCUT2D eigenvalue weighted by Crippen LogP contribution is -2.37. The van der Waals surface area contributed by atoms with Gasteiger partial charge in [0.25, 0.3) is 0 Å². The normalized spacial score (nSPS) is 11.4. The van der Waals surface area contributed by atoms with Crippen molar-refractivity contribution in [2.24, 2.45) is 0 Å². The summed E-state index contributed by atoms with van der Waals surface area (Å²) in [6.07, 6.45) is 0.184. The summed E-state index contributed by atoms with van der Waals surface area (Å²) in [6.45, 7) is 3.57. The number of likely N-dealkylation sites (N-methyl/N-ethyl adjacent to an activating group) is 1. The van der Waals surface area contributed by atoms with Crippen LogP contribution in [0.5, 0.6) is 0 Å². The molecular weight excluding hydrogens is 360 g/mol. The average molecular weight is 385 g/mol. The minimum atomic E-state index is -0.323. The first kappa shape index (κ1) is 20.0. The molecule has 28 heavy (non-hydrogen) atoms. The van der Waals surface area contributed by atoms with Crippen molar-refractivity contribution >= 4 is 16.8 Å². The maximum absolute atomic E-state index is 13.7. The molecule has 0 aliphatic rings. The number of carbonyl (C=O) groups is 1. The molecule has 1 heterocycles. The molecule has 0 saturated heterocycles. The number of benzene rings is 2. The molecule has 0 aliphatic carbocycles. The Hall–Kier alpha value is -2.73. The highest BCUT2D eigenvalue weighted by molar-refractivity contribution is 5.90. The maximum Gasteiger partial charge on any atom is 0.227 e. The number of nitrogens with zero attached hydrogens (tertiary/aromatic N) is 2. The molecule has 1 aromatic heterocycles. The molecule has 3 aromatic rings. The van der Waals surface area contributed by atoms with Crippen LogP contribution in [-0.4, -0.2) is 47.9 Å². The molecule has 0 saturated carbocycles. The molecule has 1 N–H and O–H groups in total. The van der Waals surface area contributed by atoms with Gasteiger partial charge in [0.2, 0.25) is 5.91 Å². The number of carbonyl (C=O) groups excluding carboxylic acids is 1. The first-order valence-corrected chi connectivity index (χ1v) is 9.27. The lowest BCUT2D eigenvalue weighted by molar-refractivity contribution is -0.131. The van der Waals surface area contributed by atoms with Crippen molar-refractivity contribution in [3.63, 3.8) is 0 Å². The van der Waals surface area contributed by atoms with Gasteiger partial charge in [-0.3, -0.25) is 4.79 Å². The van der Waals surface area contributed by atoms with Crippen molar-refractivity contribution in [2.75, 3.05) is 27.2 Å². The Bertz CT molecular complexity index is 964. The van der Waals surface area contributed by atoms with Gasteiger partial charge in [0, 0.05) is 36.2 Å². The Balaban J connectivity index is 1.83. The molecule has 0 aliphatic heterocycles. The third kappa shape index (κ3) is 4.75. The highest BCUT2D eigenvalue weighted by Crippen LogP contribution is 2.24. The molecule has 0 spiro atoms. The summed E-state index contributed by atoms with van der Waals surface area (Å²) in [5.74, 6) is -0.665. The quantitative estimate of drug-likeness (QED) is 0.670. The minimum absolute atomic E-state index is 0.0422. The predicted octanol–water partition coefficient (Wildman–Crippen LogP) is 3.89. The Morgan fingerprint density at radius 2 is 1.68 bits per heavy atom. The number of nitrogens with one attached hydrogen (secondary N) is 1. The molecule has 0 unspecified atom stereocenters. The zero-order valence-corrected chi connectivity index (χ0v) is 16.4. The Kier molecular flexibility index (Phi) is 6.09. The van der Waals surface area contributed by atoms with Crippen molar-refractivity contribution < 1.29 is 13.6 Å². The van der Waals surface area contributed by atoms with Crippen LogP contribution in [0.25, 0.3) is 10.9 Å². The van der Waals surface area contributed by atoms with Crippen LogP contribution < -0.4 is 0 Å². The van der Waals surface area contributed by atoms with Crippen molar-refractivity contribution in [1.82, 2.24) is 14.8 Å². The number of aryl methyl sites for hydroxylation is 1. The molecule has 2 aromatic carbocycles. The maximum atomic E-state index is 13.7. The largest absolute Gasteiger partial charge is 0.358 e. The van der Waals surface area contributed by atoms with E-state index in [0.29, 0.717) is 19.6 Å². The molecule has 6 heteroatoms. The van der Waals surface area contributed by atoms with E-state index >= 15 is 0 Å². The second-order valence-electron chi connectivity index (χ2n) is 7.34. The van der Waals surface area contributed by atoms with Crippen LogP contribution in [0.15, 0.2) is 42.5 Å². The number of halogens is 2. The van der Waals surface area contributed by atoms with E-state index in [9.17, 15) is 13.6 Å². The van der Waals surface area contributed by atoms with Gasteiger partial charge in [-0.2, -0.15) is 0 Å². The molecule has 3 rings (SSSR count). The van der Waals surface area contributed by atoms with Crippen LogP contribution in [0.1, 0.15) is 16.8 Å². The smallest absolute Gasteiger partial charge is 0.227 e. The van der Waals surface area contributed by atoms with E-state index in [0.717, 1.165) is 27.7 Å². The fourth-order valence-corrected chi connectivity index (χ4v) is 3.27. The zero-order valence-electron chi connectivity index (χ0n) is 16.4. The number of hydrogen-bond donors (Lipinski definition) is 1. The second kappa shape index (κ2) is 8.52. The van der Waals surface area contributed by atoms with Crippen LogP contribution in [0.4, 0.5) is 8.78 Å². The lowest BCUT2D eigenvalue weighted by Gasteiger charge is -2.25. The highest BCUT2D eigenvalue weighted by Gasteiger charge is 2.19. The van der Waals surface area contributed by atoms with E-state index in [1.807, 2.05) is 25.9 Å². The van der Waals surface area contributed by atoms with Gasteiger partial charge in [0.05, 0.1) is 6.42 Å². The van der Waals surface area contributed by atoms with Crippen molar-refractivity contribution in [1.29, 1.82) is 0 Å². The van der Waals surface area contributed by atoms with Gasteiger partial charge < -0.3 is 14.8 Å². The second-order valence-corrected chi connectivity index (χ2v) is 7.34. The summed E-state index contributed by atoms with van der Waals surface area (Å²) in [5.41, 5.74) is 3.37. The first-order valence-electron chi connectivity index (χ1n) is 9.27. The molecule has 0 atom stereocenters. The number of aromatic nitrogens is 1. The first-order chi connectivity index (χ1) is 13.3. The molecular formula is C22H25F2N3O. The standard InChI is InChI=1S/C22H25F2N3O/c1-15-19(20-12-18(24)8-9-21(20)25-15)13-22(28)27(11-10-26(2)3)14-16-4-6-17(23)7-5-16/h4-9,12,25H,10-11,13-14H2,1-3H3. The van der Waals surface area contributed by atoms with Crippen molar-refractivity contribution in [3.05, 3.63) is 70.9 Å². The zero-order chi connectivity index (χ0) is 20.3. The van der Waals surface area contributed by atoms with E-state index < -0.39 is 0 Å². The SMILES string of the molecule is Cc1[nH]c2ccc(F)cc2c1CC(=O)N(CCN(C)C)Cc1ccc(F)cc1. The van der Waals surface area contributed by atoms with Gasteiger partial charge in [-0.05, 0) is 62.5 Å². The summed E-state index contributed by atoms with van der Waals surface area (Å²) in [7, 11) is 3.90. The Morgan fingerprint density at radius 1 is 1.00 bits per heavy atom. The Labute approximate surface area is 163 Å². The third-order valence-corrected chi connectivity index (χ3v) is 4.87. The number of hydrogen-bond acceptors (Lipinski definition) is 2. The van der Waals surface area contributed by atoms with Crippen LogP contribution in [0.2, 0.25) is 0 Å². The molecule has 1 amide bonds. The minimum Gasteiger partial charge on any atom is -0.358 e. The third-order valence-electron chi connectivity index (χ3n) is 4.87. The summed E-state index contributed by atoms with van der Waals surface area (Å²) in [5, 5.41) is 0.736. The van der Waals surface area contributed by atoms with Gasteiger partial charge in [-0.15, -0.1) is 0 Å². The summed E-state index contributed by atoms with van der Waals surface area (Å²) >= 11 is 0. The average Bonchev–Trinajstić information content (AvgIpc) is 2.95. The summed E-state index contributed by atoms with van der Waals surface area (Å²) in [4.78, 5) is 20.1. The van der Waals surface area contributed by atoms with E-state index in [1.165, 1.54) is 24.3 Å². The van der Waals surface area contributed by atoms with Gasteiger partial charge >= 0.3 is 0 Å². The monoisotopic (exact) mass is 385 g/mol. The molecule has 0 bridgehead atoms. The topological polar surface area (TPSA) is 39.3 Å². The lowest BCUT2D eigenvalue weighted by atomic mass is 10.1. The van der Waals surface area contributed by atoms with Crippen molar-refractivity contribution in [2.45, 2.75) is 19.9 Å². The molecule has 4 nitrogen and oxygen atoms in total. The van der Waals surface area contributed by atoms with Gasteiger partial charge in [0.1, 0.15) is 11.6 Å². The number of amides is 1. The van der Waals surface area contributed by atoms with Gasteiger partial charge in [0.15, 0.2) is 0 Å². The summed E-state index contributed by atoms with van der Waals surface area (Å²) < 4.78 is 26.9. The van der Waals surface area contributed by atoms with Crippen LogP contribution in [0.3, 0.4) is 0 Å². The van der Waals surface area contributed by atoms with Gasteiger partial charge in [-0.1, -0.05) is 12.1 Å². The van der Waals surface area contributed by atoms with E-state index in [-0.39, 0.29) is 24.0 Å². The Morgan fingerprint density at radius 3 is 2.36 bits per heavy atom. The van der Waals surface area contributed by atoms with E-state index in [2.05, 4.69) is 4.98 Å². The summed E-state index contributed by atoms with van der Waals surface area (Å²) in [6, 6.07) is 10.7. The molecule has 148 valence electrons. The van der Waals surface area contributed by atoms with E-state index in [1.54, 1.807) is 23.1 Å². The van der Waals surface area contributed by atoms with Crippen LogP contribution >= 0.6 is 0 Å². The number of H-pyrrole nitrogens is 1. The molecule has 0 fully saturated rings. The van der Waals surface area contributed by atoms with Crippen LogP contribution in [0, 0.1) is 18.6 Å². The fourth-order valence-electron chi connectivity index (χ4n) is 3.27. The van der Waals surface area contributed by atoms with Crippen molar-refractivity contribution in [3.8, 4) is 0 Å². The highest BCUT2D eigenvalue weighted by atomic mass is 19.1. The fraction of sp³-hybridized carbons (Fsp3) is 0.318. The number of fused-ring (bicyclic) bond motifs is 1. The van der Waals surface area contributed by atoms with Crippen LogP contribution in [-0.2, 0) is 17.8 Å². The van der Waals surface area contributed by atoms with E-state index in [4.69, 9.17) is 0 Å².